The molecule has 1 fully saturated rings. The van der Waals surface area contributed by atoms with Crippen LogP contribution in [0.4, 0.5) is 0 Å². The van der Waals surface area contributed by atoms with Crippen molar-refractivity contribution >= 4 is 23.2 Å². The zero-order chi connectivity index (χ0) is 18.0. The molecule has 0 spiro atoms. The van der Waals surface area contributed by atoms with Crippen LogP contribution < -0.4 is 10.9 Å². The molecular weight excluding hydrogens is 338 g/mol. The van der Waals surface area contributed by atoms with E-state index in [2.05, 4.69) is 10.3 Å². The summed E-state index contributed by atoms with van der Waals surface area (Å²) in [5, 5.41) is 2.62. The summed E-state index contributed by atoms with van der Waals surface area (Å²) in [5.41, 5.74) is 0.927. The summed E-state index contributed by atoms with van der Waals surface area (Å²) in [5.74, 6) is -0.243. The van der Waals surface area contributed by atoms with Gasteiger partial charge in [0.2, 0.25) is 5.56 Å². The first-order valence-corrected chi connectivity index (χ1v) is 9.21. The van der Waals surface area contributed by atoms with E-state index in [9.17, 15) is 14.4 Å². The first-order chi connectivity index (χ1) is 12.0. The lowest BCUT2D eigenvalue weighted by Crippen LogP contribution is -2.31. The van der Waals surface area contributed by atoms with Gasteiger partial charge in [0.25, 0.3) is 11.8 Å². The molecule has 25 heavy (non-hydrogen) atoms. The summed E-state index contributed by atoms with van der Waals surface area (Å²) in [7, 11) is 1.60. The van der Waals surface area contributed by atoms with Gasteiger partial charge in [-0.05, 0) is 37.5 Å². The van der Waals surface area contributed by atoms with Crippen molar-refractivity contribution in [3.63, 3.8) is 0 Å². The largest absolute Gasteiger partial charge is 0.354 e. The van der Waals surface area contributed by atoms with Crippen LogP contribution in [0.2, 0.25) is 0 Å². The van der Waals surface area contributed by atoms with Gasteiger partial charge in [-0.15, -0.1) is 11.3 Å². The molecule has 2 amide bonds. The average Bonchev–Trinajstić information content (AvgIpc) is 3.28. The number of amides is 2. The molecule has 1 aliphatic rings. The summed E-state index contributed by atoms with van der Waals surface area (Å²) in [6.07, 6.45) is 2.44. The Morgan fingerprint density at radius 3 is 2.88 bits per heavy atom. The molecule has 0 aromatic carbocycles. The number of carbonyl (C=O) groups excluding carboxylic acids is 2. The minimum atomic E-state index is -0.253. The summed E-state index contributed by atoms with van der Waals surface area (Å²) < 4.78 is 0. The Balaban J connectivity index is 1.87. The number of nitrogens with zero attached hydrogens (tertiary/aromatic N) is 1. The maximum Gasteiger partial charge on any atom is 0.261 e. The van der Waals surface area contributed by atoms with Crippen molar-refractivity contribution in [1.29, 1.82) is 0 Å². The van der Waals surface area contributed by atoms with E-state index in [1.807, 2.05) is 17.9 Å². The number of H-pyrrole nitrogens is 1. The van der Waals surface area contributed by atoms with E-state index in [1.165, 1.54) is 17.4 Å². The molecule has 0 saturated carbocycles. The summed E-state index contributed by atoms with van der Waals surface area (Å²) >= 11 is 1.42. The number of likely N-dealkylation sites (tertiary alicyclic amines) is 1. The van der Waals surface area contributed by atoms with E-state index in [0.29, 0.717) is 23.4 Å². The summed E-state index contributed by atoms with van der Waals surface area (Å²) in [6, 6.07) is 6.79. The molecule has 1 saturated heterocycles. The van der Waals surface area contributed by atoms with Crippen molar-refractivity contribution in [3.05, 3.63) is 55.6 Å². The third kappa shape index (κ3) is 3.51. The molecule has 2 N–H and O–H groups in total. The first kappa shape index (κ1) is 17.4. The molecule has 132 valence electrons. The van der Waals surface area contributed by atoms with Crippen LogP contribution in [0.1, 0.15) is 56.4 Å². The molecule has 7 heteroatoms. The number of carbonyl (C=O) groups is 2. The van der Waals surface area contributed by atoms with Crippen LogP contribution in [0.3, 0.4) is 0 Å². The number of pyridine rings is 1. The quantitative estimate of drug-likeness (QED) is 0.879. The predicted octanol–water partition coefficient (Wildman–Crippen LogP) is 2.34. The lowest BCUT2D eigenvalue weighted by atomic mass is 10.1. The Hall–Kier alpha value is -2.41. The highest BCUT2D eigenvalue weighted by Gasteiger charge is 2.32. The van der Waals surface area contributed by atoms with Gasteiger partial charge in [0.1, 0.15) is 0 Å². The van der Waals surface area contributed by atoms with Gasteiger partial charge in [0, 0.05) is 35.8 Å². The predicted molar refractivity (Wildman–Crippen MR) is 97.2 cm³/mol. The molecule has 0 aliphatic carbocycles. The van der Waals surface area contributed by atoms with E-state index in [4.69, 9.17) is 0 Å². The van der Waals surface area contributed by atoms with E-state index in [1.54, 1.807) is 19.2 Å². The molecule has 0 radical (unpaired) electrons. The lowest BCUT2D eigenvalue weighted by Gasteiger charge is -2.24. The van der Waals surface area contributed by atoms with Crippen molar-refractivity contribution in [2.24, 2.45) is 0 Å². The van der Waals surface area contributed by atoms with Crippen LogP contribution in [-0.4, -0.2) is 35.3 Å². The molecule has 2 aromatic rings. The van der Waals surface area contributed by atoms with E-state index >= 15 is 0 Å². The fourth-order valence-corrected chi connectivity index (χ4v) is 4.27. The number of aromatic nitrogens is 1. The lowest BCUT2D eigenvalue weighted by molar-refractivity contribution is 0.0737. The van der Waals surface area contributed by atoms with Gasteiger partial charge < -0.3 is 15.2 Å². The topological polar surface area (TPSA) is 82.3 Å². The molecule has 1 atom stereocenters. The fourth-order valence-electron chi connectivity index (χ4n) is 3.16. The van der Waals surface area contributed by atoms with E-state index in [0.717, 1.165) is 23.4 Å². The van der Waals surface area contributed by atoms with Crippen LogP contribution in [-0.2, 0) is 6.42 Å². The van der Waals surface area contributed by atoms with Crippen LogP contribution in [0.15, 0.2) is 29.1 Å². The van der Waals surface area contributed by atoms with Crippen LogP contribution >= 0.6 is 11.3 Å². The third-order valence-corrected chi connectivity index (χ3v) is 5.63. The zero-order valence-electron chi connectivity index (χ0n) is 14.3. The summed E-state index contributed by atoms with van der Waals surface area (Å²) in [4.78, 5) is 42.7. The standard InChI is InChI=1S/C18H21N3O3S/c1-3-12-9-11(10-16(22)20-12)18(24)21-8-4-5-13(21)14-6-7-15(25-14)17(23)19-2/h6-7,9-10,13H,3-5,8H2,1-2H3,(H,19,23)(H,20,22). The van der Waals surface area contributed by atoms with Crippen LogP contribution in [0.25, 0.3) is 0 Å². The van der Waals surface area contributed by atoms with Crippen LogP contribution in [0.5, 0.6) is 0 Å². The van der Waals surface area contributed by atoms with Crippen molar-refractivity contribution < 1.29 is 9.59 Å². The van der Waals surface area contributed by atoms with Crippen molar-refractivity contribution in [2.45, 2.75) is 32.2 Å². The fraction of sp³-hybridized carbons (Fsp3) is 0.389. The average molecular weight is 359 g/mol. The number of aromatic amines is 1. The van der Waals surface area contributed by atoms with E-state index in [-0.39, 0.29) is 23.4 Å². The van der Waals surface area contributed by atoms with Gasteiger partial charge in [-0.2, -0.15) is 0 Å². The second-order valence-corrected chi connectivity index (χ2v) is 7.17. The number of thiophene rings is 1. The Bertz CT molecular complexity index is 855. The molecule has 0 bridgehead atoms. The molecule has 1 aliphatic heterocycles. The SMILES string of the molecule is CCc1cc(C(=O)N2CCCC2c2ccc(C(=O)NC)s2)cc(=O)[nH]1. The number of hydrogen-bond acceptors (Lipinski definition) is 4. The highest BCUT2D eigenvalue weighted by molar-refractivity contribution is 7.14. The minimum Gasteiger partial charge on any atom is -0.354 e. The monoisotopic (exact) mass is 359 g/mol. The van der Waals surface area contributed by atoms with Crippen molar-refractivity contribution in [2.75, 3.05) is 13.6 Å². The number of rotatable bonds is 4. The molecular formula is C18H21N3O3S. The molecule has 1 unspecified atom stereocenters. The Labute approximate surface area is 149 Å². The Morgan fingerprint density at radius 1 is 1.36 bits per heavy atom. The maximum atomic E-state index is 12.9. The Kier molecular flexibility index (Phi) is 5.03. The maximum absolute atomic E-state index is 12.9. The smallest absolute Gasteiger partial charge is 0.261 e. The van der Waals surface area contributed by atoms with Gasteiger partial charge in [-0.25, -0.2) is 0 Å². The molecule has 3 rings (SSSR count). The zero-order valence-corrected chi connectivity index (χ0v) is 15.1. The normalized spacial score (nSPS) is 16.9. The first-order valence-electron chi connectivity index (χ1n) is 8.39. The molecule has 2 aromatic heterocycles. The van der Waals surface area contributed by atoms with E-state index < -0.39 is 0 Å². The third-order valence-electron chi connectivity index (χ3n) is 4.45. The van der Waals surface area contributed by atoms with Gasteiger partial charge in [0.05, 0.1) is 10.9 Å². The highest BCUT2D eigenvalue weighted by Crippen LogP contribution is 2.36. The van der Waals surface area contributed by atoms with Gasteiger partial charge in [-0.1, -0.05) is 6.92 Å². The Morgan fingerprint density at radius 2 is 2.16 bits per heavy atom. The molecule has 3 heterocycles. The highest BCUT2D eigenvalue weighted by atomic mass is 32.1. The molecule has 6 nitrogen and oxygen atoms in total. The van der Waals surface area contributed by atoms with Crippen LogP contribution in [0, 0.1) is 0 Å². The van der Waals surface area contributed by atoms with Crippen molar-refractivity contribution in [3.8, 4) is 0 Å². The number of aryl methyl sites for hydroxylation is 1. The van der Waals surface area contributed by atoms with Gasteiger partial charge >= 0.3 is 0 Å². The van der Waals surface area contributed by atoms with Crippen molar-refractivity contribution in [1.82, 2.24) is 15.2 Å². The van der Waals surface area contributed by atoms with Gasteiger partial charge in [0.15, 0.2) is 0 Å². The van der Waals surface area contributed by atoms with Gasteiger partial charge in [-0.3, -0.25) is 14.4 Å². The second kappa shape index (κ2) is 7.23. The number of hydrogen-bond donors (Lipinski definition) is 2. The number of nitrogens with one attached hydrogen (secondary N) is 2. The second-order valence-electron chi connectivity index (χ2n) is 6.05. The minimum absolute atomic E-state index is 0.0414. The summed E-state index contributed by atoms with van der Waals surface area (Å²) in [6.45, 7) is 2.59.